The Morgan fingerprint density at radius 3 is 2.35 bits per heavy atom. The van der Waals surface area contributed by atoms with E-state index in [1.165, 1.54) is 5.56 Å². The van der Waals surface area contributed by atoms with E-state index < -0.39 is 0 Å². The minimum absolute atomic E-state index is 0.218. The molecule has 0 radical (unpaired) electrons. The molecule has 4 heteroatoms. The fraction of sp³-hybridized carbons (Fsp3) is 0.211. The number of nitrogens with one attached hydrogen (secondary N) is 1. The predicted octanol–water partition coefficient (Wildman–Crippen LogP) is 5.68. The molecule has 0 aliphatic rings. The predicted molar refractivity (Wildman–Crippen MR) is 97.3 cm³/mol. The Hall–Kier alpha value is -2.07. The van der Waals surface area contributed by atoms with E-state index in [1.807, 2.05) is 45.9 Å². The second kappa shape index (κ2) is 5.85. The van der Waals surface area contributed by atoms with Crippen molar-refractivity contribution >= 4 is 38.5 Å². The van der Waals surface area contributed by atoms with Gasteiger partial charge in [-0.05, 0) is 57.0 Å². The van der Waals surface area contributed by atoms with Crippen molar-refractivity contribution in [2.45, 2.75) is 27.7 Å². The second-order valence-corrected chi connectivity index (χ2v) is 6.84. The maximum absolute atomic E-state index is 12.7. The van der Waals surface area contributed by atoms with Gasteiger partial charge in [-0.3, -0.25) is 4.79 Å². The Kier molecular flexibility index (Phi) is 4.02. The topological polar surface area (TPSA) is 42.2 Å². The maximum Gasteiger partial charge on any atom is 0.291 e. The van der Waals surface area contributed by atoms with Crippen LogP contribution in [0.1, 0.15) is 32.8 Å². The lowest BCUT2D eigenvalue weighted by Gasteiger charge is -2.12. The number of fused-ring (bicyclic) bond motifs is 1. The van der Waals surface area contributed by atoms with Gasteiger partial charge in [0.15, 0.2) is 5.76 Å². The molecule has 118 valence electrons. The molecule has 0 atom stereocenters. The number of aryl methyl sites for hydroxylation is 4. The highest BCUT2D eigenvalue weighted by Crippen LogP contribution is 2.29. The minimum atomic E-state index is -0.218. The summed E-state index contributed by atoms with van der Waals surface area (Å²) in [6.07, 6.45) is 0. The molecule has 3 nitrogen and oxygen atoms in total. The smallest absolute Gasteiger partial charge is 0.291 e. The van der Waals surface area contributed by atoms with Gasteiger partial charge in [-0.1, -0.05) is 33.6 Å². The molecule has 3 aromatic rings. The number of hydrogen-bond donors (Lipinski definition) is 1. The van der Waals surface area contributed by atoms with E-state index in [1.54, 1.807) is 0 Å². The molecule has 23 heavy (non-hydrogen) atoms. The van der Waals surface area contributed by atoms with Gasteiger partial charge >= 0.3 is 0 Å². The fourth-order valence-corrected chi connectivity index (χ4v) is 3.32. The molecule has 0 aliphatic carbocycles. The van der Waals surface area contributed by atoms with Crippen LogP contribution in [-0.4, -0.2) is 5.91 Å². The zero-order valence-corrected chi connectivity index (χ0v) is 15.2. The van der Waals surface area contributed by atoms with Crippen molar-refractivity contribution in [1.29, 1.82) is 0 Å². The van der Waals surface area contributed by atoms with E-state index in [4.69, 9.17) is 4.42 Å². The first-order valence-electron chi connectivity index (χ1n) is 7.44. The van der Waals surface area contributed by atoms with Crippen LogP contribution in [-0.2, 0) is 0 Å². The van der Waals surface area contributed by atoms with Crippen molar-refractivity contribution in [3.05, 3.63) is 62.8 Å². The normalized spacial score (nSPS) is 11.0. The lowest BCUT2D eigenvalue weighted by molar-refractivity contribution is 0.0997. The highest BCUT2D eigenvalue weighted by molar-refractivity contribution is 9.10. The quantitative estimate of drug-likeness (QED) is 0.629. The van der Waals surface area contributed by atoms with Gasteiger partial charge in [0.2, 0.25) is 0 Å². The number of carbonyl (C=O) groups excluding carboxylic acids is 1. The van der Waals surface area contributed by atoms with Crippen molar-refractivity contribution in [3.63, 3.8) is 0 Å². The summed E-state index contributed by atoms with van der Waals surface area (Å²) in [5.74, 6) is 0.141. The van der Waals surface area contributed by atoms with Crippen LogP contribution in [0, 0.1) is 27.7 Å². The van der Waals surface area contributed by atoms with Gasteiger partial charge in [-0.25, -0.2) is 0 Å². The zero-order chi connectivity index (χ0) is 16.7. The number of hydrogen-bond acceptors (Lipinski definition) is 2. The molecule has 0 unspecified atom stereocenters. The molecule has 0 fully saturated rings. The molecule has 0 saturated heterocycles. The number of anilines is 1. The molecule has 0 saturated carbocycles. The van der Waals surface area contributed by atoms with Crippen molar-refractivity contribution in [1.82, 2.24) is 0 Å². The van der Waals surface area contributed by atoms with E-state index in [2.05, 4.69) is 33.4 Å². The molecule has 1 aromatic heterocycles. The van der Waals surface area contributed by atoms with E-state index in [0.717, 1.165) is 32.2 Å². The molecule has 1 heterocycles. The first kappa shape index (κ1) is 15.8. The lowest BCUT2D eigenvalue weighted by Crippen LogP contribution is -2.14. The van der Waals surface area contributed by atoms with E-state index in [-0.39, 0.29) is 5.91 Å². The third kappa shape index (κ3) is 2.91. The summed E-state index contributed by atoms with van der Waals surface area (Å²) in [4.78, 5) is 12.7. The number of rotatable bonds is 2. The summed E-state index contributed by atoms with van der Waals surface area (Å²) < 4.78 is 6.72. The van der Waals surface area contributed by atoms with Crippen LogP contribution in [0.5, 0.6) is 0 Å². The molecule has 1 amide bonds. The van der Waals surface area contributed by atoms with Crippen LogP contribution in [0.15, 0.2) is 39.2 Å². The number of halogens is 1. The van der Waals surface area contributed by atoms with Crippen LogP contribution in [0.3, 0.4) is 0 Å². The third-order valence-electron chi connectivity index (χ3n) is 4.02. The average molecular weight is 372 g/mol. The van der Waals surface area contributed by atoms with Crippen LogP contribution in [0.25, 0.3) is 11.0 Å². The van der Waals surface area contributed by atoms with Gasteiger partial charge in [0.25, 0.3) is 5.91 Å². The highest BCUT2D eigenvalue weighted by atomic mass is 79.9. The van der Waals surface area contributed by atoms with Gasteiger partial charge < -0.3 is 9.73 Å². The molecule has 0 spiro atoms. The van der Waals surface area contributed by atoms with Gasteiger partial charge in [0.05, 0.1) is 0 Å². The molecule has 1 N–H and O–H groups in total. The van der Waals surface area contributed by atoms with Crippen LogP contribution >= 0.6 is 15.9 Å². The maximum atomic E-state index is 12.7. The zero-order valence-electron chi connectivity index (χ0n) is 13.6. The molecular formula is C19H18BrNO2. The summed E-state index contributed by atoms with van der Waals surface area (Å²) in [6, 6.07) is 9.86. The summed E-state index contributed by atoms with van der Waals surface area (Å²) in [6.45, 7) is 7.95. The van der Waals surface area contributed by atoms with Crippen molar-refractivity contribution in [2.75, 3.05) is 5.32 Å². The number of amides is 1. The van der Waals surface area contributed by atoms with Crippen molar-refractivity contribution in [2.24, 2.45) is 0 Å². The minimum Gasteiger partial charge on any atom is -0.451 e. The average Bonchev–Trinajstić information content (AvgIpc) is 2.80. The number of carbonyl (C=O) groups is 1. The van der Waals surface area contributed by atoms with E-state index in [9.17, 15) is 4.79 Å². The summed E-state index contributed by atoms with van der Waals surface area (Å²) in [7, 11) is 0. The summed E-state index contributed by atoms with van der Waals surface area (Å²) in [5.41, 5.74) is 5.69. The SMILES string of the molecule is Cc1cc(C)c(NC(=O)c2oc3ccc(Br)cc3c2C)c(C)c1. The Morgan fingerprint density at radius 2 is 1.70 bits per heavy atom. The van der Waals surface area contributed by atoms with Gasteiger partial charge in [0.1, 0.15) is 5.58 Å². The van der Waals surface area contributed by atoms with Crippen LogP contribution in [0.4, 0.5) is 5.69 Å². The summed E-state index contributed by atoms with van der Waals surface area (Å²) in [5, 5.41) is 3.94. The molecular weight excluding hydrogens is 354 g/mol. The monoisotopic (exact) mass is 371 g/mol. The van der Waals surface area contributed by atoms with E-state index in [0.29, 0.717) is 11.3 Å². The van der Waals surface area contributed by atoms with Gasteiger partial charge in [-0.2, -0.15) is 0 Å². The first-order valence-corrected chi connectivity index (χ1v) is 8.24. The lowest BCUT2D eigenvalue weighted by atomic mass is 10.0. The first-order chi connectivity index (χ1) is 10.9. The number of benzene rings is 2. The van der Waals surface area contributed by atoms with Crippen molar-refractivity contribution in [3.8, 4) is 0 Å². The second-order valence-electron chi connectivity index (χ2n) is 5.92. The summed E-state index contributed by atoms with van der Waals surface area (Å²) >= 11 is 3.45. The Morgan fingerprint density at radius 1 is 1.04 bits per heavy atom. The number of furan rings is 1. The Bertz CT molecular complexity index is 902. The Balaban J connectivity index is 2.00. The molecule has 0 bridgehead atoms. The molecule has 3 rings (SSSR count). The standard InChI is InChI=1S/C19H18BrNO2/c1-10-7-11(2)17(12(3)8-10)21-19(22)18-13(4)15-9-14(20)5-6-16(15)23-18/h5-9H,1-4H3,(H,21,22). The fourth-order valence-electron chi connectivity index (χ4n) is 2.96. The highest BCUT2D eigenvalue weighted by Gasteiger charge is 2.19. The van der Waals surface area contributed by atoms with Gasteiger partial charge in [0, 0.05) is 21.1 Å². The molecule has 2 aromatic carbocycles. The van der Waals surface area contributed by atoms with Gasteiger partial charge in [-0.15, -0.1) is 0 Å². The van der Waals surface area contributed by atoms with Crippen LogP contribution < -0.4 is 5.32 Å². The van der Waals surface area contributed by atoms with E-state index >= 15 is 0 Å². The van der Waals surface area contributed by atoms with Crippen LogP contribution in [0.2, 0.25) is 0 Å². The third-order valence-corrected chi connectivity index (χ3v) is 4.51. The largest absolute Gasteiger partial charge is 0.451 e. The van der Waals surface area contributed by atoms with Crippen molar-refractivity contribution < 1.29 is 9.21 Å². The Labute approximate surface area is 143 Å². The molecule has 0 aliphatic heterocycles.